The molecule has 0 fully saturated rings. The quantitative estimate of drug-likeness (QED) is 0.441. The lowest BCUT2D eigenvalue weighted by molar-refractivity contribution is 0.278. The molecular weight excluding hydrogens is 371 g/mol. The molecule has 0 aliphatic heterocycles. The minimum atomic E-state index is 0. The van der Waals surface area contributed by atoms with Crippen LogP contribution in [-0.2, 0) is 6.54 Å². The molecule has 0 aliphatic carbocycles. The van der Waals surface area contributed by atoms with Crippen molar-refractivity contribution in [2.75, 3.05) is 27.2 Å². The Morgan fingerprint density at radius 3 is 2.68 bits per heavy atom. The van der Waals surface area contributed by atoms with Gasteiger partial charge in [-0.05, 0) is 32.3 Å². The molecule has 0 unspecified atom stereocenters. The summed E-state index contributed by atoms with van der Waals surface area (Å²) in [6, 6.07) is 4.76. The third-order valence-electron chi connectivity index (χ3n) is 2.87. The molecule has 0 saturated heterocycles. The van der Waals surface area contributed by atoms with Crippen LogP contribution < -0.4 is 10.6 Å². The minimum absolute atomic E-state index is 0. The van der Waals surface area contributed by atoms with Crippen molar-refractivity contribution < 1.29 is 0 Å². The first-order chi connectivity index (χ1) is 8.63. The Balaban J connectivity index is 0.00000324. The molecule has 0 saturated carbocycles. The molecule has 0 atom stereocenters. The molecule has 4 nitrogen and oxygen atoms in total. The standard InChI is InChI=1S/C13H24N4S.HI/c1-11(2)17(4)8-7-15-13(14-3)16-10-12-6-5-9-18-12;/h5-6,9,11H,7-8,10H2,1-4H3,(H2,14,15,16);1H. The maximum atomic E-state index is 4.21. The van der Waals surface area contributed by atoms with Gasteiger partial charge in [0.25, 0.3) is 0 Å². The highest BCUT2D eigenvalue weighted by Crippen LogP contribution is 2.06. The van der Waals surface area contributed by atoms with Crippen LogP contribution in [0.4, 0.5) is 0 Å². The van der Waals surface area contributed by atoms with Crippen molar-refractivity contribution in [3.8, 4) is 0 Å². The second kappa shape index (κ2) is 10.4. The van der Waals surface area contributed by atoms with Crippen LogP contribution in [0.25, 0.3) is 0 Å². The molecule has 0 amide bonds. The number of hydrogen-bond donors (Lipinski definition) is 2. The van der Waals surface area contributed by atoms with E-state index in [1.807, 2.05) is 0 Å². The third kappa shape index (κ3) is 7.74. The van der Waals surface area contributed by atoms with E-state index in [-0.39, 0.29) is 24.0 Å². The third-order valence-corrected chi connectivity index (χ3v) is 3.75. The van der Waals surface area contributed by atoms with E-state index in [0.717, 1.165) is 25.6 Å². The highest BCUT2D eigenvalue weighted by atomic mass is 127. The highest BCUT2D eigenvalue weighted by Gasteiger charge is 2.03. The first-order valence-corrected chi connectivity index (χ1v) is 7.18. The topological polar surface area (TPSA) is 39.7 Å². The zero-order valence-corrected chi connectivity index (χ0v) is 15.3. The average Bonchev–Trinajstić information content (AvgIpc) is 2.86. The number of halogens is 1. The van der Waals surface area contributed by atoms with Crippen molar-refractivity contribution in [3.63, 3.8) is 0 Å². The van der Waals surface area contributed by atoms with Crippen molar-refractivity contribution in [2.24, 2.45) is 4.99 Å². The van der Waals surface area contributed by atoms with Crippen LogP contribution in [0.5, 0.6) is 0 Å². The van der Waals surface area contributed by atoms with Crippen molar-refractivity contribution in [1.82, 2.24) is 15.5 Å². The summed E-state index contributed by atoms with van der Waals surface area (Å²) in [5.74, 6) is 0.862. The summed E-state index contributed by atoms with van der Waals surface area (Å²) in [4.78, 5) is 7.83. The Bertz CT molecular complexity index is 352. The van der Waals surface area contributed by atoms with Crippen LogP contribution in [0.3, 0.4) is 0 Å². The summed E-state index contributed by atoms with van der Waals surface area (Å²) in [6.07, 6.45) is 0. The molecule has 110 valence electrons. The fourth-order valence-electron chi connectivity index (χ4n) is 1.41. The van der Waals surface area contributed by atoms with Crippen molar-refractivity contribution in [2.45, 2.75) is 26.4 Å². The summed E-state index contributed by atoms with van der Waals surface area (Å²) in [6.45, 7) is 7.14. The van der Waals surface area contributed by atoms with Crippen molar-refractivity contribution >= 4 is 41.3 Å². The Kier molecular flexibility index (Phi) is 10.3. The molecule has 0 bridgehead atoms. The van der Waals surface area contributed by atoms with Crippen LogP contribution in [0.15, 0.2) is 22.5 Å². The van der Waals surface area contributed by atoms with E-state index in [4.69, 9.17) is 0 Å². The number of hydrogen-bond acceptors (Lipinski definition) is 3. The van der Waals surface area contributed by atoms with Gasteiger partial charge in [0.1, 0.15) is 0 Å². The van der Waals surface area contributed by atoms with Gasteiger partial charge in [-0.15, -0.1) is 35.3 Å². The summed E-state index contributed by atoms with van der Waals surface area (Å²) in [5, 5.41) is 8.71. The molecule has 1 heterocycles. The number of thiophene rings is 1. The lowest BCUT2D eigenvalue weighted by Gasteiger charge is -2.21. The second-order valence-electron chi connectivity index (χ2n) is 4.51. The fourth-order valence-corrected chi connectivity index (χ4v) is 2.06. The van der Waals surface area contributed by atoms with Gasteiger partial charge in [0.15, 0.2) is 5.96 Å². The van der Waals surface area contributed by atoms with Gasteiger partial charge in [-0.25, -0.2) is 0 Å². The number of aliphatic imine (C=N–C) groups is 1. The number of nitrogens with one attached hydrogen (secondary N) is 2. The zero-order valence-electron chi connectivity index (χ0n) is 12.1. The molecule has 6 heteroatoms. The monoisotopic (exact) mass is 396 g/mol. The van der Waals surface area contributed by atoms with E-state index in [1.165, 1.54) is 4.88 Å². The molecule has 19 heavy (non-hydrogen) atoms. The molecule has 1 aromatic rings. The largest absolute Gasteiger partial charge is 0.355 e. The summed E-state index contributed by atoms with van der Waals surface area (Å²) in [5.41, 5.74) is 0. The molecule has 0 spiro atoms. The Hall–Kier alpha value is -0.340. The molecular formula is C13H25IN4S. The summed E-state index contributed by atoms with van der Waals surface area (Å²) < 4.78 is 0. The van der Waals surface area contributed by atoms with Crippen molar-refractivity contribution in [3.05, 3.63) is 22.4 Å². The normalized spacial score (nSPS) is 11.6. The number of likely N-dealkylation sites (N-methyl/N-ethyl adjacent to an activating group) is 1. The predicted molar refractivity (Wildman–Crippen MR) is 95.7 cm³/mol. The second-order valence-corrected chi connectivity index (χ2v) is 5.54. The van der Waals surface area contributed by atoms with E-state index >= 15 is 0 Å². The van der Waals surface area contributed by atoms with Crippen LogP contribution in [0, 0.1) is 0 Å². The lowest BCUT2D eigenvalue weighted by Crippen LogP contribution is -2.41. The molecule has 0 aromatic carbocycles. The Morgan fingerprint density at radius 1 is 1.42 bits per heavy atom. The van der Waals surface area contributed by atoms with Gasteiger partial charge in [0.2, 0.25) is 0 Å². The lowest BCUT2D eigenvalue weighted by atomic mass is 10.3. The predicted octanol–water partition coefficient (Wildman–Crippen LogP) is 2.37. The number of nitrogens with zero attached hydrogens (tertiary/aromatic N) is 2. The molecule has 0 aliphatic rings. The Labute approximate surface area is 137 Å². The average molecular weight is 396 g/mol. The van der Waals surface area contributed by atoms with Gasteiger partial charge < -0.3 is 15.5 Å². The number of rotatable bonds is 6. The van der Waals surface area contributed by atoms with E-state index in [1.54, 1.807) is 18.4 Å². The SMILES string of the molecule is CN=C(NCCN(C)C(C)C)NCc1cccs1.I. The highest BCUT2D eigenvalue weighted by molar-refractivity contribution is 14.0. The van der Waals surface area contributed by atoms with Crippen molar-refractivity contribution in [1.29, 1.82) is 0 Å². The van der Waals surface area contributed by atoms with E-state index in [0.29, 0.717) is 6.04 Å². The minimum Gasteiger partial charge on any atom is -0.355 e. The summed E-state index contributed by atoms with van der Waals surface area (Å²) >= 11 is 1.75. The van der Waals surface area contributed by atoms with Gasteiger partial charge in [0, 0.05) is 31.1 Å². The van der Waals surface area contributed by atoms with Gasteiger partial charge >= 0.3 is 0 Å². The van der Waals surface area contributed by atoms with Crippen LogP contribution in [0.1, 0.15) is 18.7 Å². The maximum absolute atomic E-state index is 4.21. The van der Waals surface area contributed by atoms with Crippen LogP contribution in [-0.4, -0.2) is 44.1 Å². The molecule has 2 N–H and O–H groups in total. The van der Waals surface area contributed by atoms with Gasteiger partial charge in [0.05, 0.1) is 6.54 Å². The van der Waals surface area contributed by atoms with Crippen LogP contribution in [0.2, 0.25) is 0 Å². The maximum Gasteiger partial charge on any atom is 0.191 e. The molecule has 0 radical (unpaired) electrons. The Morgan fingerprint density at radius 2 is 2.16 bits per heavy atom. The summed E-state index contributed by atoms with van der Waals surface area (Å²) in [7, 11) is 3.93. The van der Waals surface area contributed by atoms with Crippen LogP contribution >= 0.6 is 35.3 Å². The van der Waals surface area contributed by atoms with E-state index in [9.17, 15) is 0 Å². The fraction of sp³-hybridized carbons (Fsp3) is 0.615. The smallest absolute Gasteiger partial charge is 0.191 e. The van der Waals surface area contributed by atoms with E-state index < -0.39 is 0 Å². The first-order valence-electron chi connectivity index (χ1n) is 6.30. The van der Waals surface area contributed by atoms with E-state index in [2.05, 4.69) is 58.9 Å². The molecule has 1 rings (SSSR count). The van der Waals surface area contributed by atoms with Gasteiger partial charge in [-0.1, -0.05) is 6.07 Å². The van der Waals surface area contributed by atoms with Gasteiger partial charge in [-0.2, -0.15) is 0 Å². The first kappa shape index (κ1) is 18.7. The molecule has 1 aromatic heterocycles. The van der Waals surface area contributed by atoms with Gasteiger partial charge in [-0.3, -0.25) is 4.99 Å². The number of guanidine groups is 1. The zero-order chi connectivity index (χ0) is 13.4.